The molecule has 21 heavy (non-hydrogen) atoms. The molecule has 0 spiro atoms. The first-order valence-electron chi connectivity index (χ1n) is 6.97. The number of sulfone groups is 2. The van der Waals surface area contributed by atoms with Gasteiger partial charge in [0.15, 0.2) is 19.7 Å². The van der Waals surface area contributed by atoms with Crippen molar-refractivity contribution in [1.82, 2.24) is 0 Å². The van der Waals surface area contributed by atoms with Gasteiger partial charge in [0.2, 0.25) is 0 Å². The lowest BCUT2D eigenvalue weighted by Crippen LogP contribution is -2.33. The number of hydrogen-bond donors (Lipinski definition) is 0. The van der Waals surface area contributed by atoms with Gasteiger partial charge in [0, 0.05) is 25.1 Å². The van der Waals surface area contributed by atoms with E-state index in [4.69, 9.17) is 0 Å². The second-order valence-corrected chi connectivity index (χ2v) is 10.2. The van der Waals surface area contributed by atoms with Gasteiger partial charge in [-0.3, -0.25) is 0 Å². The SMILES string of the molecule is CS(=O)(=O)c1ccc(N2CC3CCC2C3)c(S(C)(=O)=O)c1. The summed E-state index contributed by atoms with van der Waals surface area (Å²) in [7, 11) is -6.90. The van der Waals surface area contributed by atoms with Crippen LogP contribution < -0.4 is 4.90 Å². The lowest BCUT2D eigenvalue weighted by molar-refractivity contribution is 0.550. The summed E-state index contributed by atoms with van der Waals surface area (Å²) in [5.41, 5.74) is 0.650. The number of benzene rings is 1. The highest BCUT2D eigenvalue weighted by molar-refractivity contribution is 7.91. The molecule has 0 aromatic heterocycles. The monoisotopic (exact) mass is 329 g/mol. The van der Waals surface area contributed by atoms with Crippen molar-refractivity contribution in [3.05, 3.63) is 18.2 Å². The Morgan fingerprint density at radius 2 is 1.76 bits per heavy atom. The molecule has 7 heteroatoms. The molecule has 2 atom stereocenters. The van der Waals surface area contributed by atoms with E-state index in [1.165, 1.54) is 18.6 Å². The zero-order valence-electron chi connectivity index (χ0n) is 12.1. The van der Waals surface area contributed by atoms with Crippen molar-refractivity contribution < 1.29 is 16.8 Å². The smallest absolute Gasteiger partial charge is 0.177 e. The number of piperidine rings is 1. The second kappa shape index (κ2) is 4.71. The molecular weight excluding hydrogens is 310 g/mol. The van der Waals surface area contributed by atoms with E-state index in [1.54, 1.807) is 6.07 Å². The summed E-state index contributed by atoms with van der Waals surface area (Å²) in [5, 5.41) is 0. The summed E-state index contributed by atoms with van der Waals surface area (Å²) in [6, 6.07) is 4.84. The van der Waals surface area contributed by atoms with E-state index in [0.717, 1.165) is 31.9 Å². The summed E-state index contributed by atoms with van der Waals surface area (Å²) in [6.07, 6.45) is 5.62. The van der Waals surface area contributed by atoms with Crippen LogP contribution in [0.3, 0.4) is 0 Å². The number of fused-ring (bicyclic) bond motifs is 2. The molecule has 1 aromatic rings. The van der Waals surface area contributed by atoms with Crippen LogP contribution in [-0.2, 0) is 19.7 Å². The number of anilines is 1. The van der Waals surface area contributed by atoms with Crippen molar-refractivity contribution in [2.75, 3.05) is 24.0 Å². The molecule has 1 heterocycles. The van der Waals surface area contributed by atoms with Crippen molar-refractivity contribution in [2.24, 2.45) is 5.92 Å². The topological polar surface area (TPSA) is 71.5 Å². The molecular formula is C14H19NO4S2. The van der Waals surface area contributed by atoms with Crippen molar-refractivity contribution in [3.8, 4) is 0 Å². The lowest BCUT2D eigenvalue weighted by Gasteiger charge is -2.30. The Labute approximate surface area is 125 Å². The summed E-state index contributed by atoms with van der Waals surface area (Å²) >= 11 is 0. The van der Waals surface area contributed by atoms with Gasteiger partial charge in [0.1, 0.15) is 0 Å². The van der Waals surface area contributed by atoms with Crippen molar-refractivity contribution in [3.63, 3.8) is 0 Å². The van der Waals surface area contributed by atoms with Crippen LogP contribution in [0.15, 0.2) is 28.0 Å². The van der Waals surface area contributed by atoms with Crippen LogP contribution in [0.1, 0.15) is 19.3 Å². The minimum absolute atomic E-state index is 0.0519. The Hall–Kier alpha value is -1.08. The van der Waals surface area contributed by atoms with Gasteiger partial charge in [-0.05, 0) is 43.4 Å². The zero-order valence-corrected chi connectivity index (χ0v) is 13.7. The average Bonchev–Trinajstić information content (AvgIpc) is 2.98. The fourth-order valence-electron chi connectivity index (χ4n) is 3.48. The molecule has 1 saturated heterocycles. The second-order valence-electron chi connectivity index (χ2n) is 6.16. The minimum Gasteiger partial charge on any atom is -0.367 e. The number of hydrogen-bond acceptors (Lipinski definition) is 5. The van der Waals surface area contributed by atoms with E-state index in [9.17, 15) is 16.8 Å². The average molecular weight is 329 g/mol. The highest BCUT2D eigenvalue weighted by Gasteiger charge is 2.39. The molecule has 1 aliphatic carbocycles. The largest absolute Gasteiger partial charge is 0.367 e. The maximum atomic E-state index is 12.1. The van der Waals surface area contributed by atoms with Crippen molar-refractivity contribution >= 4 is 25.4 Å². The predicted octanol–water partition coefficient (Wildman–Crippen LogP) is 1.48. The van der Waals surface area contributed by atoms with Crippen LogP contribution in [-0.4, -0.2) is 41.9 Å². The van der Waals surface area contributed by atoms with E-state index in [0.29, 0.717) is 17.6 Å². The number of rotatable bonds is 3. The molecule has 0 radical (unpaired) electrons. The normalized spacial score (nSPS) is 25.5. The Balaban J connectivity index is 2.13. The van der Waals surface area contributed by atoms with Gasteiger partial charge >= 0.3 is 0 Å². The summed E-state index contributed by atoms with van der Waals surface area (Å²) in [5.74, 6) is 0.636. The lowest BCUT2D eigenvalue weighted by atomic mass is 10.1. The third-order valence-electron chi connectivity index (χ3n) is 4.48. The van der Waals surface area contributed by atoms with Gasteiger partial charge in [0.25, 0.3) is 0 Å². The Kier molecular flexibility index (Phi) is 3.33. The molecule has 2 bridgehead atoms. The predicted molar refractivity (Wildman–Crippen MR) is 81.1 cm³/mol. The fraction of sp³-hybridized carbons (Fsp3) is 0.571. The highest BCUT2D eigenvalue weighted by Crippen LogP contribution is 2.42. The van der Waals surface area contributed by atoms with Crippen LogP contribution in [0.5, 0.6) is 0 Å². The Bertz CT molecular complexity index is 783. The van der Waals surface area contributed by atoms with E-state index < -0.39 is 19.7 Å². The van der Waals surface area contributed by atoms with Crippen molar-refractivity contribution in [1.29, 1.82) is 0 Å². The maximum Gasteiger partial charge on any atom is 0.177 e. The molecule has 2 fully saturated rings. The first-order valence-corrected chi connectivity index (χ1v) is 10.8. The van der Waals surface area contributed by atoms with Gasteiger partial charge in [-0.15, -0.1) is 0 Å². The van der Waals surface area contributed by atoms with E-state index in [2.05, 4.69) is 4.90 Å². The first-order chi connectivity index (χ1) is 9.66. The molecule has 1 saturated carbocycles. The summed E-state index contributed by atoms with van der Waals surface area (Å²) < 4.78 is 47.5. The van der Waals surface area contributed by atoms with Crippen LogP contribution in [0, 0.1) is 5.92 Å². The van der Waals surface area contributed by atoms with E-state index in [1.807, 2.05) is 0 Å². The first kappa shape index (κ1) is 14.8. The van der Waals surface area contributed by atoms with Crippen LogP contribution >= 0.6 is 0 Å². The standard InChI is InChI=1S/C14H19NO4S2/c1-20(16,17)12-5-6-13(14(8-12)21(2,18)19)15-9-10-3-4-11(15)7-10/h5-6,8,10-11H,3-4,7,9H2,1-2H3. The van der Waals surface area contributed by atoms with Crippen LogP contribution in [0.2, 0.25) is 0 Å². The van der Waals surface area contributed by atoms with Gasteiger partial charge in [0.05, 0.1) is 15.5 Å². The van der Waals surface area contributed by atoms with Gasteiger partial charge in [-0.2, -0.15) is 0 Å². The Morgan fingerprint density at radius 1 is 1.05 bits per heavy atom. The van der Waals surface area contributed by atoms with Gasteiger partial charge < -0.3 is 4.90 Å². The maximum absolute atomic E-state index is 12.1. The molecule has 1 aromatic carbocycles. The molecule has 5 nitrogen and oxygen atoms in total. The van der Waals surface area contributed by atoms with Gasteiger partial charge in [-0.1, -0.05) is 0 Å². The molecule has 2 unspecified atom stereocenters. The van der Waals surface area contributed by atoms with Crippen LogP contribution in [0.4, 0.5) is 5.69 Å². The van der Waals surface area contributed by atoms with E-state index in [-0.39, 0.29) is 9.79 Å². The number of nitrogens with zero attached hydrogens (tertiary/aromatic N) is 1. The zero-order chi connectivity index (χ0) is 15.4. The molecule has 116 valence electrons. The summed E-state index contributed by atoms with van der Waals surface area (Å²) in [4.78, 5) is 2.31. The third-order valence-corrected chi connectivity index (χ3v) is 6.71. The highest BCUT2D eigenvalue weighted by atomic mass is 32.2. The summed E-state index contributed by atoms with van der Waals surface area (Å²) in [6.45, 7) is 0.866. The Morgan fingerprint density at radius 3 is 2.24 bits per heavy atom. The molecule has 0 amide bonds. The van der Waals surface area contributed by atoms with Gasteiger partial charge in [-0.25, -0.2) is 16.8 Å². The molecule has 2 aliphatic rings. The fourth-order valence-corrected chi connectivity index (χ4v) is 5.11. The molecule has 0 N–H and O–H groups in total. The third kappa shape index (κ3) is 2.68. The minimum atomic E-state index is -3.48. The van der Waals surface area contributed by atoms with Crippen molar-refractivity contribution in [2.45, 2.75) is 35.1 Å². The quantitative estimate of drug-likeness (QED) is 0.840. The molecule has 1 aliphatic heterocycles. The van der Waals surface area contributed by atoms with E-state index >= 15 is 0 Å². The van der Waals surface area contributed by atoms with Crippen LogP contribution in [0.25, 0.3) is 0 Å². The molecule has 3 rings (SSSR count).